The topological polar surface area (TPSA) is 67.9 Å². The average Bonchev–Trinajstić information content (AvgIpc) is 3.40. The molecular weight excluding hydrogens is 510 g/mol. The fraction of sp³-hybridized carbons (Fsp3) is 0.548. The number of aryl methyl sites for hydroxylation is 1. The molecule has 0 spiro atoms. The Labute approximate surface area is 238 Å². The van der Waals surface area contributed by atoms with Crippen LogP contribution in [0.4, 0.5) is 5.69 Å². The number of nitrogens with zero attached hydrogens (tertiary/aromatic N) is 3. The molecule has 0 aliphatic carbocycles. The largest absolute Gasteiger partial charge is 0.368 e. The first-order valence-electron chi connectivity index (χ1n) is 14.2. The average molecular weight is 554 g/mol. The third-order valence-electron chi connectivity index (χ3n) is 8.05. The monoisotopic (exact) mass is 553 g/mol. The number of carbonyl (C=O) groups is 2. The maximum atomic E-state index is 13.6. The summed E-state index contributed by atoms with van der Waals surface area (Å²) in [4.78, 5) is 32.9. The van der Waals surface area contributed by atoms with Gasteiger partial charge in [0.1, 0.15) is 0 Å². The minimum absolute atomic E-state index is 0.0599. The van der Waals surface area contributed by atoms with Crippen molar-refractivity contribution in [3.05, 3.63) is 64.2 Å². The smallest absolute Gasteiger partial charge is 0.227 e. The van der Waals surface area contributed by atoms with Crippen molar-refractivity contribution >= 4 is 29.1 Å². The fourth-order valence-electron chi connectivity index (χ4n) is 5.79. The summed E-state index contributed by atoms with van der Waals surface area (Å²) in [5, 5.41) is 7.45. The van der Waals surface area contributed by atoms with E-state index in [1.807, 2.05) is 48.2 Å². The van der Waals surface area contributed by atoms with Gasteiger partial charge in [-0.05, 0) is 56.3 Å². The summed E-state index contributed by atoms with van der Waals surface area (Å²) in [6.07, 6.45) is 0.477. The van der Waals surface area contributed by atoms with Crippen LogP contribution >= 0.6 is 11.6 Å². The highest BCUT2D eigenvalue weighted by Crippen LogP contribution is 2.34. The highest BCUT2D eigenvalue weighted by molar-refractivity contribution is 6.30. The number of halogens is 1. The SMILES string of the molecule is Cc1ccc(N2CCN(C(=O)[C@@H]3CNC[C@H]3c3ccc(Cl)cc3)CC2)c([C@@H](NC(=O)CCN(C)C)C(C)C)c1. The first-order chi connectivity index (χ1) is 18.6. The second-order valence-corrected chi connectivity index (χ2v) is 12.1. The molecule has 0 radical (unpaired) electrons. The van der Waals surface area contributed by atoms with Gasteiger partial charge in [-0.1, -0.05) is 55.3 Å². The highest BCUT2D eigenvalue weighted by atomic mass is 35.5. The number of rotatable bonds is 9. The normalized spacial score (nSPS) is 20.5. The van der Waals surface area contributed by atoms with Gasteiger partial charge in [0.2, 0.25) is 11.8 Å². The van der Waals surface area contributed by atoms with Gasteiger partial charge in [0.05, 0.1) is 12.0 Å². The van der Waals surface area contributed by atoms with Crippen molar-refractivity contribution in [1.82, 2.24) is 20.4 Å². The van der Waals surface area contributed by atoms with Gasteiger partial charge in [-0.25, -0.2) is 0 Å². The molecule has 7 nitrogen and oxygen atoms in total. The first-order valence-corrected chi connectivity index (χ1v) is 14.6. The van der Waals surface area contributed by atoms with Crippen molar-refractivity contribution in [2.24, 2.45) is 11.8 Å². The Morgan fingerprint density at radius 1 is 1.05 bits per heavy atom. The molecule has 4 rings (SSSR count). The van der Waals surface area contributed by atoms with Gasteiger partial charge in [-0.3, -0.25) is 9.59 Å². The molecule has 39 heavy (non-hydrogen) atoms. The Bertz CT molecular complexity index is 1130. The van der Waals surface area contributed by atoms with E-state index in [9.17, 15) is 9.59 Å². The van der Waals surface area contributed by atoms with Gasteiger partial charge in [0.25, 0.3) is 0 Å². The fourth-order valence-corrected chi connectivity index (χ4v) is 5.91. The number of piperazine rings is 1. The van der Waals surface area contributed by atoms with Crippen molar-refractivity contribution < 1.29 is 9.59 Å². The van der Waals surface area contributed by atoms with E-state index in [-0.39, 0.29) is 35.6 Å². The molecule has 0 bridgehead atoms. The summed E-state index contributed by atoms with van der Waals surface area (Å²) in [5.41, 5.74) is 4.66. The van der Waals surface area contributed by atoms with Crippen molar-refractivity contribution in [3.8, 4) is 0 Å². The zero-order valence-electron chi connectivity index (χ0n) is 24.0. The maximum Gasteiger partial charge on any atom is 0.227 e. The molecule has 2 aromatic carbocycles. The second-order valence-electron chi connectivity index (χ2n) is 11.6. The summed E-state index contributed by atoms with van der Waals surface area (Å²) in [6.45, 7) is 11.6. The molecule has 8 heteroatoms. The van der Waals surface area contributed by atoms with Gasteiger partial charge in [-0.15, -0.1) is 0 Å². The van der Waals surface area contributed by atoms with Crippen LogP contribution in [0.3, 0.4) is 0 Å². The number of amides is 2. The molecule has 2 aliphatic heterocycles. The van der Waals surface area contributed by atoms with Crippen LogP contribution in [0.15, 0.2) is 42.5 Å². The molecule has 2 amide bonds. The molecule has 212 valence electrons. The van der Waals surface area contributed by atoms with Gasteiger partial charge < -0.3 is 25.3 Å². The van der Waals surface area contributed by atoms with Gasteiger partial charge in [0.15, 0.2) is 0 Å². The van der Waals surface area contributed by atoms with E-state index in [1.54, 1.807) is 0 Å². The highest BCUT2D eigenvalue weighted by Gasteiger charge is 2.37. The Balaban J connectivity index is 1.45. The molecule has 2 fully saturated rings. The van der Waals surface area contributed by atoms with Gasteiger partial charge in [-0.2, -0.15) is 0 Å². The predicted molar refractivity (Wildman–Crippen MR) is 159 cm³/mol. The molecular formula is C31H44ClN5O2. The summed E-state index contributed by atoms with van der Waals surface area (Å²) < 4.78 is 0. The van der Waals surface area contributed by atoms with E-state index in [1.165, 1.54) is 5.56 Å². The van der Waals surface area contributed by atoms with Gasteiger partial charge in [0, 0.05) is 68.9 Å². The minimum Gasteiger partial charge on any atom is -0.368 e. The van der Waals surface area contributed by atoms with E-state index >= 15 is 0 Å². The maximum absolute atomic E-state index is 13.6. The number of hydrogen-bond acceptors (Lipinski definition) is 5. The standard InChI is InChI=1S/C31H44ClN5O2/c1-21(2)30(34-29(38)12-13-35(4)5)25-18-22(3)6-11-28(25)36-14-16-37(17-15-36)31(39)27-20-33-19-26(27)23-7-9-24(32)10-8-23/h6-11,18,21,26-27,30,33H,12-17,19-20H2,1-5H3,(H,34,38)/t26-,27+,30-/m0/s1. The van der Waals surface area contributed by atoms with Crippen LogP contribution in [0.5, 0.6) is 0 Å². The van der Waals surface area contributed by atoms with Crippen molar-refractivity contribution in [3.63, 3.8) is 0 Å². The zero-order chi connectivity index (χ0) is 28.1. The molecule has 2 aliphatic rings. The van der Waals surface area contributed by atoms with Crippen LogP contribution in [-0.4, -0.2) is 81.5 Å². The Morgan fingerprint density at radius 2 is 1.74 bits per heavy atom. The van der Waals surface area contributed by atoms with Crippen molar-refractivity contribution in [2.45, 2.75) is 39.2 Å². The number of carbonyl (C=O) groups excluding carboxylic acids is 2. The van der Waals surface area contributed by atoms with Crippen molar-refractivity contribution in [2.75, 3.05) is 64.8 Å². The summed E-state index contributed by atoms with van der Waals surface area (Å²) in [5.74, 6) is 0.661. The summed E-state index contributed by atoms with van der Waals surface area (Å²) in [6, 6.07) is 14.4. The molecule has 2 saturated heterocycles. The number of anilines is 1. The zero-order valence-corrected chi connectivity index (χ0v) is 24.8. The van der Waals surface area contributed by atoms with E-state index in [4.69, 9.17) is 11.6 Å². The molecule has 2 heterocycles. The minimum atomic E-state index is -0.0704. The van der Waals surface area contributed by atoms with Gasteiger partial charge >= 0.3 is 0 Å². The Hall–Kier alpha value is -2.61. The predicted octanol–water partition coefficient (Wildman–Crippen LogP) is 4.07. The summed E-state index contributed by atoms with van der Waals surface area (Å²) in [7, 11) is 3.97. The molecule has 2 aromatic rings. The van der Waals surface area contributed by atoms with E-state index < -0.39 is 0 Å². The molecule has 0 unspecified atom stereocenters. The van der Waals surface area contributed by atoms with Crippen LogP contribution in [0.2, 0.25) is 5.02 Å². The van der Waals surface area contributed by atoms with Crippen LogP contribution in [0.1, 0.15) is 48.9 Å². The molecule has 0 aromatic heterocycles. The lowest BCUT2D eigenvalue weighted by atomic mass is 9.88. The first kappa shape index (κ1) is 29.4. The number of hydrogen-bond donors (Lipinski definition) is 2. The number of nitrogens with one attached hydrogen (secondary N) is 2. The lowest BCUT2D eigenvalue weighted by molar-refractivity contribution is -0.135. The van der Waals surface area contributed by atoms with Crippen LogP contribution in [0, 0.1) is 18.8 Å². The van der Waals surface area contributed by atoms with E-state index in [0.717, 1.165) is 43.0 Å². The Kier molecular flexibility index (Phi) is 9.91. The third kappa shape index (κ3) is 7.33. The molecule has 0 saturated carbocycles. The number of benzene rings is 2. The second kappa shape index (κ2) is 13.2. The lowest BCUT2D eigenvalue weighted by Crippen LogP contribution is -2.51. The molecule has 2 N–H and O–H groups in total. The third-order valence-corrected chi connectivity index (χ3v) is 8.30. The van der Waals surface area contributed by atoms with Crippen LogP contribution < -0.4 is 15.5 Å². The van der Waals surface area contributed by atoms with Crippen molar-refractivity contribution in [1.29, 1.82) is 0 Å². The molecule has 3 atom stereocenters. The van der Waals surface area contributed by atoms with Crippen LogP contribution in [-0.2, 0) is 9.59 Å². The Morgan fingerprint density at radius 3 is 2.38 bits per heavy atom. The van der Waals surface area contributed by atoms with E-state index in [2.05, 4.69) is 54.5 Å². The summed E-state index contributed by atoms with van der Waals surface area (Å²) >= 11 is 6.09. The lowest BCUT2D eigenvalue weighted by Gasteiger charge is -2.39. The van der Waals surface area contributed by atoms with Crippen LogP contribution in [0.25, 0.3) is 0 Å². The van der Waals surface area contributed by atoms with E-state index in [0.29, 0.717) is 31.1 Å². The quantitative estimate of drug-likeness (QED) is 0.490.